The molecule has 1 N–H and O–H groups in total. The summed E-state index contributed by atoms with van der Waals surface area (Å²) in [6, 6.07) is 6.28. The molecule has 3 heterocycles. The van der Waals surface area contributed by atoms with Gasteiger partial charge in [0.2, 0.25) is 0 Å². The van der Waals surface area contributed by atoms with E-state index >= 15 is 0 Å². The Morgan fingerprint density at radius 3 is 2.96 bits per heavy atom. The molecule has 5 nitrogen and oxygen atoms in total. The topological polar surface area (TPSA) is 63.6 Å². The molecule has 23 heavy (non-hydrogen) atoms. The fraction of sp³-hybridized carbons (Fsp3) is 0.0625. The quantitative estimate of drug-likeness (QED) is 0.786. The van der Waals surface area contributed by atoms with Crippen molar-refractivity contribution in [2.24, 2.45) is 0 Å². The number of nitrogens with zero attached hydrogens (tertiary/aromatic N) is 3. The lowest BCUT2D eigenvalue weighted by atomic mass is 10.1. The van der Waals surface area contributed by atoms with Crippen LogP contribution in [0.1, 0.15) is 0 Å². The van der Waals surface area contributed by atoms with E-state index in [0.717, 1.165) is 5.75 Å². The zero-order valence-electron chi connectivity index (χ0n) is 11.9. The molecule has 0 atom stereocenters. The van der Waals surface area contributed by atoms with Crippen molar-refractivity contribution in [2.75, 3.05) is 5.75 Å². The van der Waals surface area contributed by atoms with Crippen LogP contribution in [0.25, 0.3) is 28.1 Å². The lowest BCUT2D eigenvalue weighted by Crippen LogP contribution is -2.22. The van der Waals surface area contributed by atoms with Gasteiger partial charge in [-0.2, -0.15) is 5.10 Å². The van der Waals surface area contributed by atoms with Gasteiger partial charge in [0.15, 0.2) is 11.5 Å². The summed E-state index contributed by atoms with van der Waals surface area (Å²) >= 11 is 1.62. The largest absolute Gasteiger partial charge is 0.269 e. The molecule has 0 amide bonds. The van der Waals surface area contributed by atoms with Crippen LogP contribution in [-0.4, -0.2) is 25.5 Å². The van der Waals surface area contributed by atoms with Crippen LogP contribution in [-0.2, 0) is 0 Å². The van der Waals surface area contributed by atoms with E-state index in [4.69, 9.17) is 0 Å². The smallest absolute Gasteiger partial charge is 0.268 e. The van der Waals surface area contributed by atoms with Crippen LogP contribution in [0.3, 0.4) is 0 Å². The second-order valence-corrected chi connectivity index (χ2v) is 5.89. The Bertz CT molecular complexity index is 1020. The average molecular weight is 326 g/mol. The van der Waals surface area contributed by atoms with Crippen molar-refractivity contribution in [1.29, 1.82) is 0 Å². The van der Waals surface area contributed by atoms with Crippen LogP contribution in [0.15, 0.2) is 52.8 Å². The van der Waals surface area contributed by atoms with E-state index in [0.29, 0.717) is 16.7 Å². The lowest BCUT2D eigenvalue weighted by Gasteiger charge is -2.15. The molecule has 0 aliphatic carbocycles. The third kappa shape index (κ3) is 2.29. The molecule has 0 spiro atoms. The molecule has 4 rings (SSSR count). The van der Waals surface area contributed by atoms with Crippen LogP contribution < -0.4 is 5.56 Å². The minimum atomic E-state index is -0.429. The molecule has 0 saturated carbocycles. The number of aromatic nitrogens is 4. The lowest BCUT2D eigenvalue weighted by molar-refractivity contribution is 0.629. The van der Waals surface area contributed by atoms with Crippen LogP contribution in [0.2, 0.25) is 0 Å². The molecule has 0 radical (unpaired) electrons. The first kappa shape index (κ1) is 14.0. The van der Waals surface area contributed by atoms with Gasteiger partial charge >= 0.3 is 0 Å². The minimum Gasteiger partial charge on any atom is -0.268 e. The first-order valence-electron chi connectivity index (χ1n) is 6.95. The number of nitrogens with one attached hydrogen (secondary N) is 1. The molecule has 114 valence electrons. The highest BCUT2D eigenvalue weighted by atomic mass is 32.2. The molecule has 7 heteroatoms. The summed E-state index contributed by atoms with van der Waals surface area (Å²) in [5.74, 6) is 0.577. The van der Waals surface area contributed by atoms with Crippen molar-refractivity contribution in [3.63, 3.8) is 0 Å². The Morgan fingerprint density at radius 2 is 2.17 bits per heavy atom. The van der Waals surface area contributed by atoms with Crippen LogP contribution in [0.4, 0.5) is 4.39 Å². The van der Waals surface area contributed by atoms with Gasteiger partial charge in [0.05, 0.1) is 11.8 Å². The molecule has 0 fully saturated rings. The number of rotatable bonds is 2. The number of hydrogen-bond donors (Lipinski definition) is 1. The van der Waals surface area contributed by atoms with Gasteiger partial charge in [-0.25, -0.2) is 9.37 Å². The number of aromatic amines is 1. The summed E-state index contributed by atoms with van der Waals surface area (Å²) in [6.07, 6.45) is 5.19. The molecular formula is C16H11FN4OS. The van der Waals surface area contributed by atoms with Gasteiger partial charge in [-0.1, -0.05) is 12.1 Å². The number of allylic oxidation sites excluding steroid dienone is 2. The van der Waals surface area contributed by atoms with Crippen molar-refractivity contribution in [1.82, 2.24) is 19.7 Å². The monoisotopic (exact) mass is 326 g/mol. The highest BCUT2D eigenvalue weighted by Crippen LogP contribution is 2.26. The third-order valence-electron chi connectivity index (χ3n) is 3.58. The molecule has 0 saturated heterocycles. The van der Waals surface area contributed by atoms with Crippen molar-refractivity contribution < 1.29 is 4.39 Å². The number of benzene rings is 1. The van der Waals surface area contributed by atoms with E-state index in [1.165, 1.54) is 16.8 Å². The summed E-state index contributed by atoms with van der Waals surface area (Å²) in [7, 11) is 0. The Labute approximate surface area is 134 Å². The van der Waals surface area contributed by atoms with Crippen molar-refractivity contribution in [2.45, 2.75) is 0 Å². The Hall–Kier alpha value is -2.67. The van der Waals surface area contributed by atoms with Gasteiger partial charge in [0, 0.05) is 11.4 Å². The van der Waals surface area contributed by atoms with Crippen molar-refractivity contribution in [3.8, 4) is 11.4 Å². The third-order valence-corrected chi connectivity index (χ3v) is 4.27. The number of thioether (sulfide) groups is 1. The fourth-order valence-corrected chi connectivity index (χ4v) is 3.11. The van der Waals surface area contributed by atoms with E-state index in [1.54, 1.807) is 30.0 Å². The predicted octanol–water partition coefficient (Wildman–Crippen LogP) is 3.03. The Morgan fingerprint density at radius 1 is 1.30 bits per heavy atom. The maximum absolute atomic E-state index is 14.3. The maximum Gasteiger partial charge on any atom is 0.269 e. The van der Waals surface area contributed by atoms with E-state index in [-0.39, 0.29) is 16.9 Å². The Kier molecular flexibility index (Phi) is 3.34. The Balaban J connectivity index is 2.10. The molecule has 0 unspecified atom stereocenters. The molecule has 3 aromatic rings. The van der Waals surface area contributed by atoms with E-state index < -0.39 is 5.82 Å². The highest BCUT2D eigenvalue weighted by Gasteiger charge is 2.18. The zero-order chi connectivity index (χ0) is 15.8. The van der Waals surface area contributed by atoms with Crippen molar-refractivity contribution >= 4 is 28.5 Å². The summed E-state index contributed by atoms with van der Waals surface area (Å²) in [6.45, 7) is 0. The molecule has 1 aliphatic heterocycles. The molecular weight excluding hydrogens is 315 g/mol. The van der Waals surface area contributed by atoms with Gasteiger partial charge in [-0.05, 0) is 29.7 Å². The first-order chi connectivity index (χ1) is 11.3. The summed E-state index contributed by atoms with van der Waals surface area (Å²) < 4.78 is 15.7. The maximum atomic E-state index is 14.3. The van der Waals surface area contributed by atoms with Crippen LogP contribution in [0.5, 0.6) is 0 Å². The SMILES string of the molecule is O=c1c2cn[nH]c2nc(-c2ccccc2F)n1C1=CCSC=C1. The van der Waals surface area contributed by atoms with Gasteiger partial charge in [0.1, 0.15) is 11.2 Å². The molecule has 1 aromatic carbocycles. The summed E-state index contributed by atoms with van der Waals surface area (Å²) in [5, 5.41) is 8.83. The standard InChI is InChI=1S/C16H11FN4OS/c17-13-4-2-1-3-11(13)15-19-14-12(9-18-20-14)16(22)21(15)10-5-7-23-8-6-10/h1-7,9H,8H2,(H,18,20). The fourth-order valence-electron chi connectivity index (χ4n) is 2.50. The number of hydrogen-bond acceptors (Lipinski definition) is 4. The van der Waals surface area contributed by atoms with E-state index in [1.807, 2.05) is 17.6 Å². The van der Waals surface area contributed by atoms with Crippen molar-refractivity contribution in [3.05, 3.63) is 64.2 Å². The van der Waals surface area contributed by atoms with E-state index in [9.17, 15) is 9.18 Å². The first-order valence-corrected chi connectivity index (χ1v) is 8.00. The summed E-state index contributed by atoms with van der Waals surface area (Å²) in [5.41, 5.74) is 1.03. The zero-order valence-corrected chi connectivity index (χ0v) is 12.7. The number of halogens is 1. The van der Waals surface area contributed by atoms with Crippen LogP contribution in [0, 0.1) is 5.82 Å². The van der Waals surface area contributed by atoms with Crippen LogP contribution >= 0.6 is 11.8 Å². The minimum absolute atomic E-state index is 0.257. The van der Waals surface area contributed by atoms with E-state index in [2.05, 4.69) is 15.2 Å². The average Bonchev–Trinajstić information content (AvgIpc) is 3.05. The number of H-pyrrole nitrogens is 1. The van der Waals surface area contributed by atoms with Gasteiger partial charge < -0.3 is 0 Å². The molecule has 1 aliphatic rings. The highest BCUT2D eigenvalue weighted by molar-refractivity contribution is 8.02. The second kappa shape index (κ2) is 5.51. The van der Waals surface area contributed by atoms with Gasteiger partial charge in [-0.3, -0.25) is 14.5 Å². The summed E-state index contributed by atoms with van der Waals surface area (Å²) in [4.78, 5) is 17.3. The number of fused-ring (bicyclic) bond motifs is 1. The molecule has 2 aromatic heterocycles. The second-order valence-electron chi connectivity index (χ2n) is 4.95. The normalized spacial score (nSPS) is 14.2. The van der Waals surface area contributed by atoms with Gasteiger partial charge in [-0.15, -0.1) is 11.8 Å². The predicted molar refractivity (Wildman–Crippen MR) is 89.4 cm³/mol. The van der Waals surface area contributed by atoms with Gasteiger partial charge in [0.25, 0.3) is 5.56 Å². The molecule has 0 bridgehead atoms.